The molecule has 0 saturated carbocycles. The summed E-state index contributed by atoms with van der Waals surface area (Å²) in [5.74, 6) is -0.362. The average molecular weight is 379 g/mol. The molecule has 146 valence electrons. The van der Waals surface area contributed by atoms with Crippen molar-refractivity contribution < 1.29 is 9.59 Å². The second kappa shape index (κ2) is 7.42. The van der Waals surface area contributed by atoms with E-state index < -0.39 is 5.41 Å². The molecule has 2 heterocycles. The number of hydrogen-bond donors (Lipinski definition) is 2. The Bertz CT molecular complexity index is 1030. The molecule has 7 heteroatoms. The number of carbonyl (C=O) groups is 2. The van der Waals surface area contributed by atoms with Gasteiger partial charge in [-0.1, -0.05) is 26.8 Å². The van der Waals surface area contributed by atoms with Crippen LogP contribution in [0.5, 0.6) is 0 Å². The van der Waals surface area contributed by atoms with Gasteiger partial charge in [0.25, 0.3) is 5.91 Å². The minimum atomic E-state index is -0.499. The predicted octanol–water partition coefficient (Wildman–Crippen LogP) is 4.25. The lowest BCUT2D eigenvalue weighted by Crippen LogP contribution is -2.27. The molecule has 28 heavy (non-hydrogen) atoms. The van der Waals surface area contributed by atoms with Crippen LogP contribution in [0.3, 0.4) is 0 Å². The van der Waals surface area contributed by atoms with Crippen LogP contribution in [-0.4, -0.2) is 26.6 Å². The first-order chi connectivity index (χ1) is 13.1. The molecule has 3 aromatic rings. The third-order valence-corrected chi connectivity index (χ3v) is 4.24. The average Bonchev–Trinajstić information content (AvgIpc) is 3.04. The van der Waals surface area contributed by atoms with Crippen LogP contribution in [0.25, 0.3) is 11.0 Å². The summed E-state index contributed by atoms with van der Waals surface area (Å²) in [6.45, 7) is 9.59. The Kier molecular flexibility index (Phi) is 5.18. The number of fused-ring (bicyclic) bond motifs is 1. The van der Waals surface area contributed by atoms with E-state index in [1.54, 1.807) is 42.7 Å². The van der Waals surface area contributed by atoms with Crippen LogP contribution in [0.2, 0.25) is 0 Å². The predicted molar refractivity (Wildman–Crippen MR) is 110 cm³/mol. The molecule has 7 nitrogen and oxygen atoms in total. The van der Waals surface area contributed by atoms with Crippen molar-refractivity contribution in [2.75, 3.05) is 10.6 Å². The summed E-state index contributed by atoms with van der Waals surface area (Å²) in [5.41, 5.74) is 1.92. The van der Waals surface area contributed by atoms with Crippen LogP contribution < -0.4 is 10.6 Å². The van der Waals surface area contributed by atoms with E-state index in [1.807, 2.05) is 39.3 Å². The molecule has 0 atom stereocenters. The Morgan fingerprint density at radius 3 is 2.36 bits per heavy atom. The number of rotatable bonds is 4. The molecule has 2 aromatic heterocycles. The van der Waals surface area contributed by atoms with E-state index in [-0.39, 0.29) is 17.9 Å². The number of nitrogens with one attached hydrogen (secondary N) is 2. The van der Waals surface area contributed by atoms with E-state index in [9.17, 15) is 9.59 Å². The molecule has 0 unspecified atom stereocenters. The third kappa shape index (κ3) is 4.19. The maximum atomic E-state index is 12.6. The normalized spacial score (nSPS) is 11.6. The summed E-state index contributed by atoms with van der Waals surface area (Å²) in [5, 5.41) is 10.8. The summed E-state index contributed by atoms with van der Waals surface area (Å²) >= 11 is 0. The molecular formula is C21H25N5O2. The second-order valence-corrected chi connectivity index (χ2v) is 8.06. The molecule has 3 rings (SSSR count). The first kappa shape index (κ1) is 19.5. The fourth-order valence-corrected chi connectivity index (χ4v) is 2.64. The molecular weight excluding hydrogens is 354 g/mol. The van der Waals surface area contributed by atoms with Gasteiger partial charge in [-0.05, 0) is 38.1 Å². The van der Waals surface area contributed by atoms with E-state index in [0.717, 1.165) is 11.0 Å². The standard InChI is InChI=1S/C21H25N5O2/c1-13(2)26-18-14(12-23-26)9-15(11-22-18)19(27)24-16-7-6-8-17(10-16)25-20(28)21(3,4)5/h6-13H,1-5H3,(H,24,27)(H,25,28). The van der Waals surface area contributed by atoms with E-state index >= 15 is 0 Å². The number of aromatic nitrogens is 3. The first-order valence-electron chi connectivity index (χ1n) is 9.21. The van der Waals surface area contributed by atoms with Crippen molar-refractivity contribution in [2.24, 2.45) is 5.41 Å². The number of amides is 2. The molecule has 0 fully saturated rings. The Morgan fingerprint density at radius 2 is 1.71 bits per heavy atom. The van der Waals surface area contributed by atoms with E-state index in [2.05, 4.69) is 20.7 Å². The number of hydrogen-bond acceptors (Lipinski definition) is 4. The number of anilines is 2. The minimum absolute atomic E-state index is 0.0900. The zero-order valence-corrected chi connectivity index (χ0v) is 16.8. The summed E-state index contributed by atoms with van der Waals surface area (Å²) in [7, 11) is 0. The van der Waals surface area contributed by atoms with Gasteiger partial charge in [0.1, 0.15) is 0 Å². The van der Waals surface area contributed by atoms with Crippen molar-refractivity contribution in [3.8, 4) is 0 Å². The van der Waals surface area contributed by atoms with Crippen molar-refractivity contribution in [3.63, 3.8) is 0 Å². The maximum absolute atomic E-state index is 12.6. The maximum Gasteiger partial charge on any atom is 0.257 e. The lowest BCUT2D eigenvalue weighted by atomic mass is 9.95. The molecule has 0 aliphatic carbocycles. The molecule has 1 aromatic carbocycles. The molecule has 0 radical (unpaired) electrons. The first-order valence-corrected chi connectivity index (χ1v) is 9.21. The van der Waals surface area contributed by atoms with Gasteiger partial charge in [-0.3, -0.25) is 9.59 Å². The largest absolute Gasteiger partial charge is 0.326 e. The van der Waals surface area contributed by atoms with Gasteiger partial charge in [-0.25, -0.2) is 9.67 Å². The zero-order valence-electron chi connectivity index (χ0n) is 16.8. The van der Waals surface area contributed by atoms with Crippen molar-refractivity contribution in [2.45, 2.75) is 40.7 Å². The highest BCUT2D eigenvalue weighted by Crippen LogP contribution is 2.21. The molecule has 2 amide bonds. The van der Waals surface area contributed by atoms with Crippen molar-refractivity contribution in [1.82, 2.24) is 14.8 Å². The molecule has 0 spiro atoms. The van der Waals surface area contributed by atoms with Crippen molar-refractivity contribution >= 4 is 34.2 Å². The van der Waals surface area contributed by atoms with Crippen LogP contribution in [-0.2, 0) is 4.79 Å². The van der Waals surface area contributed by atoms with Crippen LogP contribution in [0.1, 0.15) is 51.0 Å². The minimum Gasteiger partial charge on any atom is -0.326 e. The summed E-state index contributed by atoms with van der Waals surface area (Å²) in [6.07, 6.45) is 3.26. The highest BCUT2D eigenvalue weighted by molar-refractivity contribution is 6.06. The number of carbonyl (C=O) groups excluding carboxylic acids is 2. The number of nitrogens with zero attached hydrogens (tertiary/aromatic N) is 3. The Labute approximate surface area is 164 Å². The van der Waals surface area contributed by atoms with Gasteiger partial charge in [0.2, 0.25) is 5.91 Å². The van der Waals surface area contributed by atoms with Crippen LogP contribution in [0.15, 0.2) is 42.7 Å². The van der Waals surface area contributed by atoms with E-state index in [4.69, 9.17) is 0 Å². The molecule has 0 bridgehead atoms. The molecule has 0 aliphatic heterocycles. The summed E-state index contributed by atoms with van der Waals surface area (Å²) in [6, 6.07) is 9.03. The van der Waals surface area contributed by atoms with Crippen molar-refractivity contribution in [1.29, 1.82) is 0 Å². The fourth-order valence-electron chi connectivity index (χ4n) is 2.64. The van der Waals surface area contributed by atoms with Crippen LogP contribution >= 0.6 is 0 Å². The van der Waals surface area contributed by atoms with Gasteiger partial charge in [0.15, 0.2) is 5.65 Å². The second-order valence-electron chi connectivity index (χ2n) is 8.06. The highest BCUT2D eigenvalue weighted by atomic mass is 16.2. The van der Waals surface area contributed by atoms with Gasteiger partial charge in [0.05, 0.1) is 11.8 Å². The van der Waals surface area contributed by atoms with Gasteiger partial charge >= 0.3 is 0 Å². The van der Waals surface area contributed by atoms with Gasteiger partial charge in [0, 0.05) is 34.4 Å². The van der Waals surface area contributed by atoms with Gasteiger partial charge in [-0.15, -0.1) is 0 Å². The van der Waals surface area contributed by atoms with E-state index in [0.29, 0.717) is 16.9 Å². The molecule has 0 aliphatic rings. The Hall–Kier alpha value is -3.22. The summed E-state index contributed by atoms with van der Waals surface area (Å²) in [4.78, 5) is 29.2. The van der Waals surface area contributed by atoms with Crippen molar-refractivity contribution in [3.05, 3.63) is 48.3 Å². The zero-order chi connectivity index (χ0) is 20.5. The van der Waals surface area contributed by atoms with Crippen LogP contribution in [0.4, 0.5) is 11.4 Å². The fraction of sp³-hybridized carbons (Fsp3) is 0.333. The van der Waals surface area contributed by atoms with Gasteiger partial charge in [-0.2, -0.15) is 5.10 Å². The van der Waals surface area contributed by atoms with Crippen LogP contribution in [0, 0.1) is 5.41 Å². The lowest BCUT2D eigenvalue weighted by molar-refractivity contribution is -0.123. The molecule has 2 N–H and O–H groups in total. The van der Waals surface area contributed by atoms with Gasteiger partial charge < -0.3 is 10.6 Å². The quantitative estimate of drug-likeness (QED) is 0.709. The SMILES string of the molecule is CC(C)n1ncc2cc(C(=O)Nc3cccc(NC(=O)C(C)(C)C)c3)cnc21. The van der Waals surface area contributed by atoms with E-state index in [1.165, 1.54) is 0 Å². The summed E-state index contributed by atoms with van der Waals surface area (Å²) < 4.78 is 1.82. The highest BCUT2D eigenvalue weighted by Gasteiger charge is 2.21. The number of benzene rings is 1. The Morgan fingerprint density at radius 1 is 1.04 bits per heavy atom. The smallest absolute Gasteiger partial charge is 0.257 e. The third-order valence-electron chi connectivity index (χ3n) is 4.24. The number of pyridine rings is 1. The Balaban J connectivity index is 1.77. The topological polar surface area (TPSA) is 88.9 Å². The monoisotopic (exact) mass is 379 g/mol. The molecule has 0 saturated heterocycles. The lowest BCUT2D eigenvalue weighted by Gasteiger charge is -2.18.